The zero-order chi connectivity index (χ0) is 17.4. The Morgan fingerprint density at radius 3 is 3.04 bits per heavy atom. The van der Waals surface area contributed by atoms with Crippen molar-refractivity contribution in [1.29, 1.82) is 0 Å². The molecule has 1 aromatic carbocycles. The van der Waals surface area contributed by atoms with Gasteiger partial charge in [0, 0.05) is 31.8 Å². The van der Waals surface area contributed by atoms with Crippen molar-refractivity contribution in [2.24, 2.45) is 7.05 Å². The molecule has 1 aliphatic rings. The van der Waals surface area contributed by atoms with Gasteiger partial charge < -0.3 is 14.2 Å². The van der Waals surface area contributed by atoms with Crippen LogP contribution < -0.4 is 0 Å². The number of hydrogen-bond donors (Lipinski definition) is 0. The summed E-state index contributed by atoms with van der Waals surface area (Å²) < 4.78 is 9.47. The molecule has 7 nitrogen and oxygen atoms in total. The molecule has 3 aromatic rings. The summed E-state index contributed by atoms with van der Waals surface area (Å²) in [5.41, 5.74) is 2.48. The molecule has 0 radical (unpaired) electrons. The minimum Gasteiger partial charge on any atom is -0.380 e. The third kappa shape index (κ3) is 2.70. The maximum absolute atomic E-state index is 13.2. The van der Waals surface area contributed by atoms with Gasteiger partial charge in [-0.3, -0.25) is 9.48 Å². The number of rotatable bonds is 4. The summed E-state index contributed by atoms with van der Waals surface area (Å²) in [6.07, 6.45) is 3.63. The monoisotopic (exact) mass is 339 g/mol. The molecule has 0 fully saturated rings. The molecule has 1 amide bonds. The second-order valence-electron chi connectivity index (χ2n) is 6.28. The van der Waals surface area contributed by atoms with Gasteiger partial charge in [0.2, 0.25) is 0 Å². The van der Waals surface area contributed by atoms with Gasteiger partial charge in [-0.2, -0.15) is 5.10 Å². The number of carbonyl (C=O) groups is 1. The number of aryl methyl sites for hydroxylation is 1. The van der Waals surface area contributed by atoms with E-state index in [-0.39, 0.29) is 11.9 Å². The second-order valence-corrected chi connectivity index (χ2v) is 6.28. The topological polar surface area (TPSA) is 65.2 Å². The van der Waals surface area contributed by atoms with Gasteiger partial charge in [-0.25, -0.2) is 4.98 Å². The number of benzene rings is 1. The normalized spacial score (nSPS) is 17.0. The number of hydrogen-bond acceptors (Lipinski definition) is 4. The van der Waals surface area contributed by atoms with Gasteiger partial charge in [0.15, 0.2) is 5.69 Å². The lowest BCUT2D eigenvalue weighted by Gasteiger charge is -2.34. The van der Waals surface area contributed by atoms with Crippen LogP contribution in [0.25, 0.3) is 10.9 Å². The Morgan fingerprint density at radius 1 is 1.36 bits per heavy atom. The van der Waals surface area contributed by atoms with Crippen molar-refractivity contribution in [1.82, 2.24) is 24.2 Å². The number of amides is 1. The van der Waals surface area contributed by atoms with Crippen molar-refractivity contribution < 1.29 is 9.53 Å². The standard InChI is InChI=1S/C18H21N5O2/c1-3-25-11-14-10-22(9-13-8-19-12-23(13)14)18(24)17-15-6-4-5-7-16(15)21(2)20-17/h4-8,12,14H,3,9-11H2,1-2H3. The van der Waals surface area contributed by atoms with Gasteiger partial charge in [0.05, 0.1) is 36.7 Å². The van der Waals surface area contributed by atoms with E-state index < -0.39 is 0 Å². The molecule has 25 heavy (non-hydrogen) atoms. The van der Waals surface area contributed by atoms with Crippen LogP contribution in [0.15, 0.2) is 36.8 Å². The minimum atomic E-state index is -0.0502. The summed E-state index contributed by atoms with van der Waals surface area (Å²) in [7, 11) is 1.86. The molecule has 1 aliphatic heterocycles. The summed E-state index contributed by atoms with van der Waals surface area (Å²) in [5.74, 6) is -0.0502. The van der Waals surface area contributed by atoms with Crippen molar-refractivity contribution in [3.8, 4) is 0 Å². The highest BCUT2D eigenvalue weighted by Gasteiger charge is 2.30. The number of nitrogens with zero attached hydrogens (tertiary/aromatic N) is 5. The molecule has 130 valence electrons. The van der Waals surface area contributed by atoms with Crippen LogP contribution in [0.4, 0.5) is 0 Å². The van der Waals surface area contributed by atoms with E-state index in [1.165, 1.54) is 0 Å². The van der Waals surface area contributed by atoms with E-state index in [4.69, 9.17) is 4.74 Å². The van der Waals surface area contributed by atoms with Crippen LogP contribution in [-0.2, 0) is 18.3 Å². The van der Waals surface area contributed by atoms with Crippen molar-refractivity contribution in [2.45, 2.75) is 19.5 Å². The average molecular weight is 339 g/mol. The van der Waals surface area contributed by atoms with Gasteiger partial charge in [-0.1, -0.05) is 18.2 Å². The van der Waals surface area contributed by atoms with Crippen LogP contribution in [0.5, 0.6) is 0 Å². The summed E-state index contributed by atoms with van der Waals surface area (Å²) in [6.45, 7) is 4.31. The van der Waals surface area contributed by atoms with Gasteiger partial charge in [0.1, 0.15) is 0 Å². The molecule has 0 aliphatic carbocycles. The third-order valence-electron chi connectivity index (χ3n) is 4.69. The lowest BCUT2D eigenvalue weighted by atomic mass is 10.1. The van der Waals surface area contributed by atoms with Gasteiger partial charge in [-0.15, -0.1) is 0 Å². The molecule has 0 N–H and O–H groups in total. The van der Waals surface area contributed by atoms with Gasteiger partial charge >= 0.3 is 0 Å². The first-order valence-corrected chi connectivity index (χ1v) is 8.48. The fourth-order valence-corrected chi connectivity index (χ4v) is 3.45. The third-order valence-corrected chi connectivity index (χ3v) is 4.69. The van der Waals surface area contributed by atoms with Crippen LogP contribution in [0.3, 0.4) is 0 Å². The molecule has 1 atom stereocenters. The van der Waals surface area contributed by atoms with E-state index >= 15 is 0 Å². The van der Waals surface area contributed by atoms with Crippen molar-refractivity contribution in [3.63, 3.8) is 0 Å². The smallest absolute Gasteiger partial charge is 0.275 e. The first-order chi connectivity index (χ1) is 12.2. The quantitative estimate of drug-likeness (QED) is 0.729. The first kappa shape index (κ1) is 15.8. The molecular formula is C18H21N5O2. The summed E-state index contributed by atoms with van der Waals surface area (Å²) in [6, 6.07) is 7.88. The van der Waals surface area contributed by atoms with Gasteiger partial charge in [0.25, 0.3) is 5.91 Å². The van der Waals surface area contributed by atoms with Crippen LogP contribution in [0.2, 0.25) is 0 Å². The number of aromatic nitrogens is 4. The molecule has 1 unspecified atom stereocenters. The first-order valence-electron chi connectivity index (χ1n) is 8.48. The average Bonchev–Trinajstić information content (AvgIpc) is 3.24. The Kier molecular flexibility index (Phi) is 4.01. The Morgan fingerprint density at radius 2 is 2.20 bits per heavy atom. The van der Waals surface area contributed by atoms with E-state index in [0.29, 0.717) is 32.0 Å². The second kappa shape index (κ2) is 6.33. The molecule has 0 spiro atoms. The van der Waals surface area contributed by atoms with Crippen LogP contribution in [0, 0.1) is 0 Å². The maximum Gasteiger partial charge on any atom is 0.275 e. The fourth-order valence-electron chi connectivity index (χ4n) is 3.45. The SMILES string of the molecule is CCOCC1CN(C(=O)c2nn(C)c3ccccc23)Cc2cncn21. The largest absolute Gasteiger partial charge is 0.380 e. The Labute approximate surface area is 145 Å². The molecule has 2 aromatic heterocycles. The molecule has 7 heteroatoms. The molecule has 0 saturated heterocycles. The van der Waals surface area contributed by atoms with E-state index in [1.807, 2.05) is 55.7 Å². The predicted molar refractivity (Wildman–Crippen MR) is 93.2 cm³/mol. The number of carbonyl (C=O) groups excluding carboxylic acids is 1. The van der Waals surface area contributed by atoms with Crippen LogP contribution >= 0.6 is 0 Å². The van der Waals surface area contributed by atoms with Crippen LogP contribution in [-0.4, -0.2) is 49.9 Å². The van der Waals surface area contributed by atoms with E-state index in [2.05, 4.69) is 14.6 Å². The summed E-state index contributed by atoms with van der Waals surface area (Å²) in [5, 5.41) is 5.35. The Hall–Kier alpha value is -2.67. The number of ether oxygens (including phenoxy) is 1. The molecule has 0 bridgehead atoms. The lowest BCUT2D eigenvalue weighted by Crippen LogP contribution is -2.42. The maximum atomic E-state index is 13.2. The highest BCUT2D eigenvalue weighted by Crippen LogP contribution is 2.25. The summed E-state index contributed by atoms with van der Waals surface area (Å²) >= 11 is 0. The number of fused-ring (bicyclic) bond motifs is 2. The molecule has 4 rings (SSSR count). The highest BCUT2D eigenvalue weighted by molar-refractivity contribution is 6.04. The van der Waals surface area contributed by atoms with E-state index in [1.54, 1.807) is 4.68 Å². The molecular weight excluding hydrogens is 318 g/mol. The Bertz CT molecular complexity index is 913. The van der Waals surface area contributed by atoms with Crippen molar-refractivity contribution in [2.75, 3.05) is 19.8 Å². The Balaban J connectivity index is 1.66. The molecule has 0 saturated carbocycles. The number of imidazole rings is 1. The lowest BCUT2D eigenvalue weighted by molar-refractivity contribution is 0.0541. The fraction of sp³-hybridized carbons (Fsp3) is 0.389. The molecule has 3 heterocycles. The predicted octanol–water partition coefficient (Wildman–Crippen LogP) is 2.00. The zero-order valence-corrected chi connectivity index (χ0v) is 14.4. The van der Waals surface area contributed by atoms with E-state index in [0.717, 1.165) is 16.6 Å². The number of para-hydroxylation sites is 1. The van der Waals surface area contributed by atoms with Crippen molar-refractivity contribution in [3.05, 3.63) is 48.2 Å². The summed E-state index contributed by atoms with van der Waals surface area (Å²) in [4.78, 5) is 19.2. The minimum absolute atomic E-state index is 0.0502. The highest BCUT2D eigenvalue weighted by atomic mass is 16.5. The van der Waals surface area contributed by atoms with Crippen molar-refractivity contribution >= 4 is 16.8 Å². The van der Waals surface area contributed by atoms with E-state index in [9.17, 15) is 4.79 Å². The van der Waals surface area contributed by atoms with Crippen LogP contribution in [0.1, 0.15) is 29.1 Å². The zero-order valence-electron chi connectivity index (χ0n) is 14.4. The van der Waals surface area contributed by atoms with Gasteiger partial charge in [-0.05, 0) is 13.0 Å².